The summed E-state index contributed by atoms with van der Waals surface area (Å²) in [6.45, 7) is 1.49. The largest absolute Gasteiger partial charge is 0.396 e. The predicted molar refractivity (Wildman–Crippen MR) is 67.3 cm³/mol. The third-order valence-corrected chi connectivity index (χ3v) is 3.94. The van der Waals surface area contributed by atoms with Gasteiger partial charge in [-0.25, -0.2) is 17.5 Å². The van der Waals surface area contributed by atoms with E-state index in [1.807, 2.05) is 0 Å². The molecule has 0 amide bonds. The van der Waals surface area contributed by atoms with Crippen LogP contribution in [0.4, 0.5) is 10.1 Å². The third-order valence-electron chi connectivity index (χ3n) is 2.30. The van der Waals surface area contributed by atoms with Gasteiger partial charge in [0, 0.05) is 11.6 Å². The first-order chi connectivity index (χ1) is 8.27. The molecule has 102 valence electrons. The molecule has 1 aromatic rings. The Morgan fingerprint density at radius 1 is 1.56 bits per heavy atom. The van der Waals surface area contributed by atoms with E-state index < -0.39 is 26.8 Å². The Hall–Kier alpha value is -0.890. The van der Waals surface area contributed by atoms with Crippen LogP contribution in [0.25, 0.3) is 0 Å². The van der Waals surface area contributed by atoms with E-state index in [0.29, 0.717) is 6.42 Å². The molecule has 5 nitrogen and oxygen atoms in total. The molecule has 0 spiro atoms. The molecule has 0 radical (unpaired) electrons. The Morgan fingerprint density at radius 2 is 2.17 bits per heavy atom. The van der Waals surface area contributed by atoms with Gasteiger partial charge in [0.15, 0.2) is 5.82 Å². The number of sulfonamides is 1. The Balaban J connectivity index is 3.05. The molecular formula is C10H14ClFN2O3S. The lowest BCUT2D eigenvalue weighted by Gasteiger charge is -2.12. The molecule has 0 aliphatic rings. The van der Waals surface area contributed by atoms with E-state index in [-0.39, 0.29) is 17.3 Å². The summed E-state index contributed by atoms with van der Waals surface area (Å²) in [5, 5.41) is 9.29. The van der Waals surface area contributed by atoms with Gasteiger partial charge in [-0.2, -0.15) is 0 Å². The Labute approximate surface area is 110 Å². The summed E-state index contributed by atoms with van der Waals surface area (Å²) in [5.74, 6) is -1.06. The van der Waals surface area contributed by atoms with Crippen molar-refractivity contribution in [2.24, 2.45) is 0 Å². The summed E-state index contributed by atoms with van der Waals surface area (Å²) in [4.78, 5) is -0.629. The number of nitrogens with two attached hydrogens (primary N) is 1. The predicted octanol–water partition coefficient (Wildman–Crippen LogP) is 1.11. The van der Waals surface area contributed by atoms with Crippen LogP contribution < -0.4 is 10.5 Å². The van der Waals surface area contributed by atoms with Gasteiger partial charge in [0.05, 0.1) is 11.8 Å². The average molecular weight is 297 g/mol. The van der Waals surface area contributed by atoms with Crippen LogP contribution in [-0.4, -0.2) is 26.2 Å². The fraction of sp³-hybridized carbons (Fsp3) is 0.400. The molecule has 1 rings (SSSR count). The molecule has 0 bridgehead atoms. The highest BCUT2D eigenvalue weighted by Gasteiger charge is 2.22. The number of benzene rings is 1. The molecule has 0 aromatic heterocycles. The summed E-state index contributed by atoms with van der Waals surface area (Å²) in [6, 6.07) is 2.09. The minimum absolute atomic E-state index is 0.0188. The molecule has 0 fully saturated rings. The van der Waals surface area contributed by atoms with E-state index >= 15 is 0 Å². The van der Waals surface area contributed by atoms with Crippen LogP contribution in [0.2, 0.25) is 5.02 Å². The van der Waals surface area contributed by atoms with Crippen molar-refractivity contribution in [3.63, 3.8) is 0 Å². The van der Waals surface area contributed by atoms with Crippen LogP contribution in [0.15, 0.2) is 17.0 Å². The van der Waals surface area contributed by atoms with E-state index in [1.54, 1.807) is 6.92 Å². The Bertz CT molecular complexity index is 536. The maximum absolute atomic E-state index is 13.6. The molecule has 0 aliphatic heterocycles. The van der Waals surface area contributed by atoms with Gasteiger partial charge in [-0.1, -0.05) is 18.5 Å². The van der Waals surface area contributed by atoms with Crippen LogP contribution in [0.3, 0.4) is 0 Å². The van der Waals surface area contributed by atoms with Crippen molar-refractivity contribution in [2.45, 2.75) is 24.3 Å². The number of nitrogens with one attached hydrogen (secondary N) is 1. The smallest absolute Gasteiger partial charge is 0.243 e. The second kappa shape index (κ2) is 5.83. The van der Waals surface area contributed by atoms with Crippen molar-refractivity contribution in [1.82, 2.24) is 4.72 Å². The van der Waals surface area contributed by atoms with Gasteiger partial charge in [0.2, 0.25) is 10.0 Å². The van der Waals surface area contributed by atoms with Crippen molar-refractivity contribution in [3.8, 4) is 0 Å². The molecule has 0 saturated heterocycles. The fourth-order valence-electron chi connectivity index (χ4n) is 1.21. The zero-order valence-corrected chi connectivity index (χ0v) is 11.2. The lowest BCUT2D eigenvalue weighted by atomic mass is 10.3. The summed E-state index contributed by atoms with van der Waals surface area (Å²) >= 11 is 5.63. The number of nitrogen functional groups attached to an aromatic ring is 1. The van der Waals surface area contributed by atoms with Crippen LogP contribution in [-0.2, 0) is 10.0 Å². The lowest BCUT2D eigenvalue weighted by Crippen LogP contribution is -2.32. The van der Waals surface area contributed by atoms with Crippen LogP contribution in [0.1, 0.15) is 13.3 Å². The number of aliphatic hydroxyl groups excluding tert-OH is 1. The zero-order valence-electron chi connectivity index (χ0n) is 9.65. The number of anilines is 1. The molecule has 18 heavy (non-hydrogen) atoms. The maximum atomic E-state index is 13.6. The number of hydrogen-bond donors (Lipinski definition) is 3. The van der Waals surface area contributed by atoms with Gasteiger partial charge < -0.3 is 10.8 Å². The molecule has 0 aliphatic carbocycles. The van der Waals surface area contributed by atoms with E-state index in [1.165, 1.54) is 0 Å². The number of hydrogen-bond acceptors (Lipinski definition) is 4. The van der Waals surface area contributed by atoms with Gasteiger partial charge in [-0.05, 0) is 18.6 Å². The number of halogens is 2. The third kappa shape index (κ3) is 3.55. The Morgan fingerprint density at radius 3 is 2.72 bits per heavy atom. The molecule has 0 saturated carbocycles. The lowest BCUT2D eigenvalue weighted by molar-refractivity contribution is 0.174. The minimum Gasteiger partial charge on any atom is -0.396 e. The van der Waals surface area contributed by atoms with E-state index in [2.05, 4.69) is 4.72 Å². The molecule has 1 atom stereocenters. The van der Waals surface area contributed by atoms with Crippen LogP contribution in [0, 0.1) is 5.82 Å². The second-order valence-electron chi connectivity index (χ2n) is 3.72. The molecule has 0 heterocycles. The van der Waals surface area contributed by atoms with Crippen LogP contribution >= 0.6 is 11.6 Å². The van der Waals surface area contributed by atoms with Gasteiger partial charge in [0.1, 0.15) is 4.90 Å². The Kier molecular flexibility index (Phi) is 4.92. The molecule has 1 unspecified atom stereocenters. The standard InChI is InChI=1S/C10H14ClFN2O3S/c1-2-7(15)5-14-18(16,17)9-4-6(11)3-8(13)10(9)12/h3-4,7,14-15H,2,5,13H2,1H3. The highest BCUT2D eigenvalue weighted by molar-refractivity contribution is 7.89. The first kappa shape index (κ1) is 15.2. The van der Waals surface area contributed by atoms with Crippen molar-refractivity contribution in [3.05, 3.63) is 23.0 Å². The quantitative estimate of drug-likeness (QED) is 0.710. The van der Waals surface area contributed by atoms with Crippen molar-refractivity contribution in [2.75, 3.05) is 12.3 Å². The second-order valence-corrected chi connectivity index (χ2v) is 5.89. The highest BCUT2D eigenvalue weighted by Crippen LogP contribution is 2.25. The summed E-state index contributed by atoms with van der Waals surface area (Å²) in [6.07, 6.45) is -0.456. The average Bonchev–Trinajstić information content (AvgIpc) is 2.30. The first-order valence-corrected chi connectivity index (χ1v) is 7.06. The molecule has 1 aromatic carbocycles. The van der Waals surface area contributed by atoms with Crippen molar-refractivity contribution < 1.29 is 17.9 Å². The highest BCUT2D eigenvalue weighted by atomic mass is 35.5. The summed E-state index contributed by atoms with van der Waals surface area (Å²) < 4.78 is 39.3. The van der Waals surface area contributed by atoms with Crippen molar-refractivity contribution in [1.29, 1.82) is 0 Å². The number of rotatable bonds is 5. The van der Waals surface area contributed by atoms with Gasteiger partial charge in [-0.3, -0.25) is 0 Å². The number of aliphatic hydroxyl groups is 1. The molecule has 4 N–H and O–H groups in total. The van der Waals surface area contributed by atoms with Gasteiger partial charge in [-0.15, -0.1) is 0 Å². The van der Waals surface area contributed by atoms with Gasteiger partial charge >= 0.3 is 0 Å². The van der Waals surface area contributed by atoms with E-state index in [0.717, 1.165) is 12.1 Å². The van der Waals surface area contributed by atoms with Crippen LogP contribution in [0.5, 0.6) is 0 Å². The molecule has 8 heteroatoms. The summed E-state index contributed by atoms with van der Waals surface area (Å²) in [7, 11) is -4.09. The monoisotopic (exact) mass is 296 g/mol. The normalized spacial score (nSPS) is 13.6. The topological polar surface area (TPSA) is 92.4 Å². The SMILES string of the molecule is CCC(O)CNS(=O)(=O)c1cc(Cl)cc(N)c1F. The van der Waals surface area contributed by atoms with E-state index in [9.17, 15) is 17.9 Å². The first-order valence-electron chi connectivity index (χ1n) is 5.20. The van der Waals surface area contributed by atoms with Gasteiger partial charge in [0.25, 0.3) is 0 Å². The van der Waals surface area contributed by atoms with E-state index in [4.69, 9.17) is 17.3 Å². The zero-order chi connectivity index (χ0) is 13.9. The summed E-state index contributed by atoms with van der Waals surface area (Å²) in [5.41, 5.74) is 4.95. The minimum atomic E-state index is -4.09. The molecular weight excluding hydrogens is 283 g/mol. The van der Waals surface area contributed by atoms with Crippen molar-refractivity contribution >= 4 is 27.3 Å². The maximum Gasteiger partial charge on any atom is 0.243 e. The fourth-order valence-corrected chi connectivity index (χ4v) is 2.70.